The van der Waals surface area contributed by atoms with E-state index in [0.717, 1.165) is 5.56 Å². The van der Waals surface area contributed by atoms with Gasteiger partial charge in [-0.1, -0.05) is 22.0 Å². The number of rotatable bonds is 4. The number of halogens is 1. The molecule has 0 fully saturated rings. The Morgan fingerprint density at radius 2 is 2.10 bits per heavy atom. The molecule has 2 aromatic heterocycles. The maximum atomic E-state index is 10.5. The van der Waals surface area contributed by atoms with Crippen molar-refractivity contribution in [1.82, 2.24) is 25.1 Å². The lowest BCUT2D eigenvalue weighted by atomic mass is 10.2. The average Bonchev–Trinajstić information content (AvgIpc) is 3.09. The fraction of sp³-hybridized carbons (Fsp3) is 0.0833. The minimum atomic E-state index is 0.256. The quantitative estimate of drug-likeness (QED) is 0.681. The fourth-order valence-corrected chi connectivity index (χ4v) is 1.74. The van der Waals surface area contributed by atoms with Crippen molar-refractivity contribution in [2.24, 2.45) is 0 Å². The zero-order chi connectivity index (χ0) is 13.9. The van der Waals surface area contributed by atoms with Gasteiger partial charge in [0.15, 0.2) is 12.1 Å². The summed E-state index contributed by atoms with van der Waals surface area (Å²) in [7, 11) is 0. The first kappa shape index (κ1) is 12.5. The standard InChI is InChI=1S/C12H8ClN5O2/c13-9-3-1-8(2-4-9)12-14-11(16-20-12)6-18-5-10(7-19)15-17-18/h1-5,7H,6H2. The van der Waals surface area contributed by atoms with Crippen LogP contribution in [0.4, 0.5) is 0 Å². The summed E-state index contributed by atoms with van der Waals surface area (Å²) < 4.78 is 6.62. The van der Waals surface area contributed by atoms with Crippen LogP contribution in [-0.4, -0.2) is 31.4 Å². The number of nitrogens with zero attached hydrogens (tertiary/aromatic N) is 5. The molecule has 7 nitrogen and oxygen atoms in total. The largest absolute Gasteiger partial charge is 0.334 e. The zero-order valence-corrected chi connectivity index (χ0v) is 10.9. The molecule has 0 atom stereocenters. The smallest absolute Gasteiger partial charge is 0.257 e. The molecule has 3 rings (SSSR count). The van der Waals surface area contributed by atoms with Crippen molar-refractivity contribution >= 4 is 17.9 Å². The lowest BCUT2D eigenvalue weighted by Crippen LogP contribution is -2.02. The van der Waals surface area contributed by atoms with Gasteiger partial charge in [-0.3, -0.25) is 4.79 Å². The first-order valence-electron chi connectivity index (χ1n) is 5.68. The van der Waals surface area contributed by atoms with Gasteiger partial charge in [0.2, 0.25) is 0 Å². The van der Waals surface area contributed by atoms with Crippen LogP contribution in [0.1, 0.15) is 16.3 Å². The van der Waals surface area contributed by atoms with Crippen molar-refractivity contribution < 1.29 is 9.32 Å². The summed E-state index contributed by atoms with van der Waals surface area (Å²) in [5.74, 6) is 0.838. The predicted molar refractivity (Wildman–Crippen MR) is 69.3 cm³/mol. The lowest BCUT2D eigenvalue weighted by molar-refractivity contribution is 0.111. The van der Waals surface area contributed by atoms with Gasteiger partial charge in [0.1, 0.15) is 12.2 Å². The van der Waals surface area contributed by atoms with Gasteiger partial charge in [-0.2, -0.15) is 4.98 Å². The number of hydrogen-bond donors (Lipinski definition) is 0. The van der Waals surface area contributed by atoms with Crippen molar-refractivity contribution in [2.45, 2.75) is 6.54 Å². The molecule has 0 unspecified atom stereocenters. The summed E-state index contributed by atoms with van der Waals surface area (Å²) in [6.45, 7) is 0.276. The first-order chi connectivity index (χ1) is 9.74. The number of aldehydes is 1. The molecule has 1 aromatic carbocycles. The van der Waals surface area contributed by atoms with E-state index in [0.29, 0.717) is 23.0 Å². The summed E-state index contributed by atoms with van der Waals surface area (Å²) >= 11 is 5.81. The van der Waals surface area contributed by atoms with Crippen LogP contribution in [0.25, 0.3) is 11.5 Å². The van der Waals surface area contributed by atoms with Crippen molar-refractivity contribution in [3.63, 3.8) is 0 Å². The molecule has 0 saturated heterocycles. The van der Waals surface area contributed by atoms with Gasteiger partial charge in [0.25, 0.3) is 5.89 Å². The van der Waals surface area contributed by atoms with Gasteiger partial charge in [-0.25, -0.2) is 4.68 Å². The molecule has 8 heteroatoms. The Morgan fingerprint density at radius 1 is 1.30 bits per heavy atom. The van der Waals surface area contributed by atoms with Crippen LogP contribution in [0.3, 0.4) is 0 Å². The normalized spacial score (nSPS) is 10.7. The highest BCUT2D eigenvalue weighted by atomic mass is 35.5. The summed E-state index contributed by atoms with van der Waals surface area (Å²) in [5.41, 5.74) is 1.03. The van der Waals surface area contributed by atoms with Crippen LogP contribution in [-0.2, 0) is 6.54 Å². The molecule has 0 amide bonds. The van der Waals surface area contributed by atoms with E-state index in [9.17, 15) is 4.79 Å². The van der Waals surface area contributed by atoms with Gasteiger partial charge in [0.05, 0.1) is 6.20 Å². The van der Waals surface area contributed by atoms with Crippen LogP contribution in [0.2, 0.25) is 5.02 Å². The second-order valence-corrected chi connectivity index (χ2v) is 4.42. The van der Waals surface area contributed by atoms with Crippen LogP contribution >= 0.6 is 11.6 Å². The summed E-state index contributed by atoms with van der Waals surface area (Å²) in [6, 6.07) is 7.07. The molecular weight excluding hydrogens is 282 g/mol. The average molecular weight is 290 g/mol. The van der Waals surface area contributed by atoms with E-state index in [4.69, 9.17) is 16.1 Å². The molecule has 0 N–H and O–H groups in total. The molecule has 0 aliphatic rings. The molecular formula is C12H8ClN5O2. The molecule has 100 valence electrons. The molecule has 2 heterocycles. The topological polar surface area (TPSA) is 86.7 Å². The monoisotopic (exact) mass is 289 g/mol. The van der Waals surface area contributed by atoms with Crippen molar-refractivity contribution in [1.29, 1.82) is 0 Å². The highest BCUT2D eigenvalue weighted by molar-refractivity contribution is 6.30. The van der Waals surface area contributed by atoms with Gasteiger partial charge < -0.3 is 4.52 Å². The van der Waals surface area contributed by atoms with Gasteiger partial charge in [-0.15, -0.1) is 5.10 Å². The molecule has 20 heavy (non-hydrogen) atoms. The van der Waals surface area contributed by atoms with E-state index in [1.54, 1.807) is 24.3 Å². The Hall–Kier alpha value is -2.54. The summed E-state index contributed by atoms with van der Waals surface area (Å²) in [4.78, 5) is 14.8. The van der Waals surface area contributed by atoms with Crippen LogP contribution < -0.4 is 0 Å². The molecule has 0 saturated carbocycles. The predicted octanol–water partition coefficient (Wildman–Crippen LogP) is 1.84. The lowest BCUT2D eigenvalue weighted by Gasteiger charge is -1.93. The summed E-state index contributed by atoms with van der Waals surface area (Å²) in [6.07, 6.45) is 2.13. The third kappa shape index (κ3) is 2.57. The van der Waals surface area contributed by atoms with E-state index in [1.165, 1.54) is 10.9 Å². The Labute approximate surface area is 118 Å². The second kappa shape index (κ2) is 5.22. The highest BCUT2D eigenvalue weighted by Gasteiger charge is 2.10. The molecule has 0 aliphatic carbocycles. The number of benzene rings is 1. The maximum Gasteiger partial charge on any atom is 0.257 e. The second-order valence-electron chi connectivity index (χ2n) is 3.98. The Balaban J connectivity index is 1.79. The van der Waals surface area contributed by atoms with Crippen molar-refractivity contribution in [3.05, 3.63) is 47.0 Å². The van der Waals surface area contributed by atoms with Gasteiger partial charge in [-0.05, 0) is 24.3 Å². The number of carbonyl (C=O) groups excluding carboxylic acids is 1. The Bertz CT molecular complexity index is 734. The van der Waals surface area contributed by atoms with E-state index in [2.05, 4.69) is 20.5 Å². The molecule has 0 aliphatic heterocycles. The molecule has 3 aromatic rings. The van der Waals surface area contributed by atoms with E-state index < -0.39 is 0 Å². The maximum absolute atomic E-state index is 10.5. The van der Waals surface area contributed by atoms with Gasteiger partial charge >= 0.3 is 0 Å². The fourth-order valence-electron chi connectivity index (χ4n) is 1.62. The highest BCUT2D eigenvalue weighted by Crippen LogP contribution is 2.19. The number of aromatic nitrogens is 5. The van der Waals surface area contributed by atoms with E-state index in [-0.39, 0.29) is 12.2 Å². The summed E-state index contributed by atoms with van der Waals surface area (Å²) in [5, 5.41) is 11.9. The van der Waals surface area contributed by atoms with E-state index >= 15 is 0 Å². The van der Waals surface area contributed by atoms with E-state index in [1.807, 2.05) is 0 Å². The zero-order valence-electron chi connectivity index (χ0n) is 10.1. The SMILES string of the molecule is O=Cc1cn(Cc2noc(-c3ccc(Cl)cc3)n2)nn1. The Morgan fingerprint density at radius 3 is 2.80 bits per heavy atom. The van der Waals surface area contributed by atoms with Crippen LogP contribution in [0.5, 0.6) is 0 Å². The number of hydrogen-bond acceptors (Lipinski definition) is 6. The van der Waals surface area contributed by atoms with Crippen LogP contribution in [0, 0.1) is 0 Å². The third-order valence-electron chi connectivity index (χ3n) is 2.54. The number of carbonyl (C=O) groups is 1. The van der Waals surface area contributed by atoms with Crippen molar-refractivity contribution in [2.75, 3.05) is 0 Å². The minimum Gasteiger partial charge on any atom is -0.334 e. The molecule has 0 radical (unpaired) electrons. The van der Waals surface area contributed by atoms with Crippen LogP contribution in [0.15, 0.2) is 35.0 Å². The first-order valence-corrected chi connectivity index (χ1v) is 6.06. The molecule has 0 spiro atoms. The Kier molecular flexibility index (Phi) is 3.26. The minimum absolute atomic E-state index is 0.256. The van der Waals surface area contributed by atoms with Gasteiger partial charge in [0, 0.05) is 10.6 Å². The van der Waals surface area contributed by atoms with Crippen molar-refractivity contribution in [3.8, 4) is 11.5 Å². The molecule has 0 bridgehead atoms. The third-order valence-corrected chi connectivity index (χ3v) is 2.79.